The van der Waals surface area contributed by atoms with E-state index < -0.39 is 0 Å². The second-order valence-electron chi connectivity index (χ2n) is 1.83. The fourth-order valence-corrected chi connectivity index (χ4v) is 1.70. The lowest BCUT2D eigenvalue weighted by Crippen LogP contribution is -1.80. The zero-order chi connectivity index (χ0) is 8.43. The molecule has 1 rings (SSSR count). The second kappa shape index (κ2) is 3.57. The maximum Gasteiger partial charge on any atom is 0.102 e. The molecule has 0 aliphatic heterocycles. The van der Waals surface area contributed by atoms with Crippen molar-refractivity contribution in [2.45, 2.75) is 0 Å². The smallest absolute Gasteiger partial charge is 0.102 e. The van der Waals surface area contributed by atoms with Crippen molar-refractivity contribution in [3.8, 4) is 6.07 Å². The minimum Gasteiger partial charge on any atom is -0.192 e. The summed E-state index contributed by atoms with van der Waals surface area (Å²) >= 11 is 12.2. The summed E-state index contributed by atoms with van der Waals surface area (Å²) in [6.07, 6.45) is 0. The standard InChI is InChI=1S/C7H2Br2ClN/c8-5-1-2-6(9)7(10)4(5)3-11/h1-2H. The number of nitriles is 1. The molecule has 0 aromatic heterocycles. The molecule has 0 aliphatic carbocycles. The summed E-state index contributed by atoms with van der Waals surface area (Å²) in [6.45, 7) is 0. The van der Waals surface area contributed by atoms with E-state index in [9.17, 15) is 0 Å². The van der Waals surface area contributed by atoms with Crippen LogP contribution in [0, 0.1) is 11.3 Å². The van der Waals surface area contributed by atoms with Crippen LogP contribution in [0.5, 0.6) is 0 Å². The van der Waals surface area contributed by atoms with Crippen molar-refractivity contribution in [3.05, 3.63) is 31.7 Å². The third-order valence-electron chi connectivity index (χ3n) is 1.16. The van der Waals surface area contributed by atoms with E-state index in [1.54, 1.807) is 12.1 Å². The van der Waals surface area contributed by atoms with Gasteiger partial charge in [0.25, 0.3) is 0 Å². The molecule has 0 fully saturated rings. The van der Waals surface area contributed by atoms with Gasteiger partial charge in [0.2, 0.25) is 0 Å². The van der Waals surface area contributed by atoms with Crippen LogP contribution in [-0.2, 0) is 0 Å². The minimum atomic E-state index is 0.446. The zero-order valence-corrected chi connectivity index (χ0v) is 9.16. The Hall–Kier alpha value is -0.0400. The van der Waals surface area contributed by atoms with Crippen LogP contribution in [-0.4, -0.2) is 0 Å². The largest absolute Gasteiger partial charge is 0.192 e. The molecule has 1 nitrogen and oxygen atoms in total. The van der Waals surface area contributed by atoms with Gasteiger partial charge in [0.15, 0.2) is 0 Å². The maximum atomic E-state index is 8.64. The Labute approximate surface area is 86.2 Å². The summed E-state index contributed by atoms with van der Waals surface area (Å²) in [5.74, 6) is 0. The highest BCUT2D eigenvalue weighted by molar-refractivity contribution is 9.11. The predicted octanol–water partition coefficient (Wildman–Crippen LogP) is 3.74. The number of halogens is 3. The van der Waals surface area contributed by atoms with Gasteiger partial charge in [0.05, 0.1) is 10.6 Å². The van der Waals surface area contributed by atoms with Crippen molar-refractivity contribution in [1.82, 2.24) is 0 Å². The van der Waals surface area contributed by atoms with Gasteiger partial charge in [-0.25, -0.2) is 0 Å². The second-order valence-corrected chi connectivity index (χ2v) is 3.92. The Morgan fingerprint density at radius 1 is 1.27 bits per heavy atom. The molecule has 0 saturated heterocycles. The third kappa shape index (κ3) is 1.76. The summed E-state index contributed by atoms with van der Waals surface area (Å²) in [4.78, 5) is 0. The summed E-state index contributed by atoms with van der Waals surface area (Å²) in [5, 5.41) is 9.08. The molecule has 1 aromatic carbocycles. The van der Waals surface area contributed by atoms with Gasteiger partial charge in [-0.3, -0.25) is 0 Å². The van der Waals surface area contributed by atoms with Crippen LogP contribution in [0.2, 0.25) is 5.02 Å². The van der Waals surface area contributed by atoms with E-state index >= 15 is 0 Å². The highest BCUT2D eigenvalue weighted by Crippen LogP contribution is 2.30. The third-order valence-corrected chi connectivity index (χ3v) is 3.10. The lowest BCUT2D eigenvalue weighted by Gasteiger charge is -1.99. The molecule has 0 unspecified atom stereocenters. The molecule has 0 N–H and O–H groups in total. The number of nitrogens with zero attached hydrogens (tertiary/aromatic N) is 1. The Bertz CT molecular complexity index is 330. The highest BCUT2D eigenvalue weighted by atomic mass is 79.9. The van der Waals surface area contributed by atoms with E-state index in [4.69, 9.17) is 16.9 Å². The first kappa shape index (κ1) is 9.05. The minimum absolute atomic E-state index is 0.446. The van der Waals surface area contributed by atoms with Crippen LogP contribution in [0.15, 0.2) is 21.1 Å². The monoisotopic (exact) mass is 293 g/mol. The van der Waals surface area contributed by atoms with Gasteiger partial charge in [-0.05, 0) is 44.0 Å². The molecule has 0 heterocycles. The van der Waals surface area contributed by atoms with Gasteiger partial charge < -0.3 is 0 Å². The van der Waals surface area contributed by atoms with Crippen LogP contribution in [0.3, 0.4) is 0 Å². The van der Waals surface area contributed by atoms with E-state index in [1.807, 2.05) is 6.07 Å². The lowest BCUT2D eigenvalue weighted by atomic mass is 10.2. The van der Waals surface area contributed by atoms with Gasteiger partial charge in [0.1, 0.15) is 6.07 Å². The van der Waals surface area contributed by atoms with Crippen molar-refractivity contribution >= 4 is 43.5 Å². The topological polar surface area (TPSA) is 23.8 Å². The number of hydrogen-bond donors (Lipinski definition) is 0. The van der Waals surface area contributed by atoms with E-state index in [0.717, 1.165) is 4.47 Å². The average molecular weight is 295 g/mol. The lowest BCUT2D eigenvalue weighted by molar-refractivity contribution is 1.45. The van der Waals surface area contributed by atoms with E-state index in [-0.39, 0.29) is 0 Å². The fraction of sp³-hybridized carbons (Fsp3) is 0. The Balaban J connectivity index is 3.44. The Morgan fingerprint density at radius 3 is 2.27 bits per heavy atom. The van der Waals surface area contributed by atoms with Crippen LogP contribution < -0.4 is 0 Å². The molecule has 0 radical (unpaired) electrons. The van der Waals surface area contributed by atoms with Crippen LogP contribution >= 0.6 is 43.5 Å². The van der Waals surface area contributed by atoms with Crippen molar-refractivity contribution in [2.75, 3.05) is 0 Å². The number of rotatable bonds is 0. The van der Waals surface area contributed by atoms with Crippen molar-refractivity contribution in [3.63, 3.8) is 0 Å². The molecule has 0 bridgehead atoms. The first-order valence-corrected chi connectivity index (χ1v) is 4.67. The Kier molecular flexibility index (Phi) is 2.94. The predicted molar refractivity (Wildman–Crippen MR) is 51.6 cm³/mol. The molecule has 11 heavy (non-hydrogen) atoms. The molecule has 0 aliphatic rings. The van der Waals surface area contributed by atoms with E-state index in [2.05, 4.69) is 31.9 Å². The van der Waals surface area contributed by atoms with Gasteiger partial charge in [-0.15, -0.1) is 0 Å². The van der Waals surface area contributed by atoms with Crippen LogP contribution in [0.1, 0.15) is 5.56 Å². The quantitative estimate of drug-likeness (QED) is 0.669. The maximum absolute atomic E-state index is 8.64. The average Bonchev–Trinajstić information content (AvgIpc) is 1.99. The SMILES string of the molecule is N#Cc1c(Br)ccc(Br)c1Cl. The normalized spacial score (nSPS) is 9.27. The molecule has 4 heteroatoms. The van der Waals surface area contributed by atoms with E-state index in [1.165, 1.54) is 0 Å². The fourth-order valence-electron chi connectivity index (χ4n) is 0.630. The zero-order valence-electron chi connectivity index (χ0n) is 5.24. The van der Waals surface area contributed by atoms with Crippen molar-refractivity contribution < 1.29 is 0 Å². The molecule has 0 amide bonds. The number of benzene rings is 1. The van der Waals surface area contributed by atoms with Gasteiger partial charge in [0, 0.05) is 8.95 Å². The molecule has 0 saturated carbocycles. The summed E-state index contributed by atoms with van der Waals surface area (Å²) in [6, 6.07) is 5.55. The van der Waals surface area contributed by atoms with Crippen molar-refractivity contribution in [1.29, 1.82) is 5.26 Å². The summed E-state index contributed by atoms with van der Waals surface area (Å²) in [7, 11) is 0. The van der Waals surface area contributed by atoms with Gasteiger partial charge >= 0.3 is 0 Å². The highest BCUT2D eigenvalue weighted by Gasteiger charge is 2.06. The molecular weight excluding hydrogens is 293 g/mol. The first-order valence-electron chi connectivity index (χ1n) is 2.70. The van der Waals surface area contributed by atoms with Crippen LogP contribution in [0.25, 0.3) is 0 Å². The Morgan fingerprint density at radius 2 is 1.82 bits per heavy atom. The molecule has 56 valence electrons. The molecular formula is C7H2Br2ClN. The summed E-state index contributed by atoms with van der Waals surface area (Å²) < 4.78 is 1.45. The molecule has 0 atom stereocenters. The number of hydrogen-bond acceptors (Lipinski definition) is 1. The van der Waals surface area contributed by atoms with Crippen LogP contribution in [0.4, 0.5) is 0 Å². The first-order chi connectivity index (χ1) is 5.16. The van der Waals surface area contributed by atoms with E-state index in [0.29, 0.717) is 15.1 Å². The molecule has 0 spiro atoms. The van der Waals surface area contributed by atoms with Gasteiger partial charge in [-0.1, -0.05) is 11.6 Å². The molecule has 1 aromatic rings. The van der Waals surface area contributed by atoms with Gasteiger partial charge in [-0.2, -0.15) is 5.26 Å². The summed E-state index contributed by atoms with van der Waals surface area (Å²) in [5.41, 5.74) is 0.459. The van der Waals surface area contributed by atoms with Crippen molar-refractivity contribution in [2.24, 2.45) is 0 Å².